The lowest BCUT2D eigenvalue weighted by atomic mass is 10.3. The van der Waals surface area contributed by atoms with Crippen LogP contribution in [0.4, 0.5) is 4.79 Å². The number of carbonyl (C=O) groups excluding carboxylic acids is 2. The van der Waals surface area contributed by atoms with E-state index in [0.29, 0.717) is 6.54 Å². The normalized spacial score (nSPS) is 8.94. The summed E-state index contributed by atoms with van der Waals surface area (Å²) >= 11 is 0. The molecule has 1 aromatic heterocycles. The van der Waals surface area contributed by atoms with Gasteiger partial charge < -0.3 is 5.32 Å². The number of urea groups is 1. The summed E-state index contributed by atoms with van der Waals surface area (Å²) in [6, 6.07) is 4.53. The lowest BCUT2D eigenvalue weighted by Gasteiger charge is -2.04. The predicted molar refractivity (Wildman–Crippen MR) is 54.8 cm³/mol. The Kier molecular flexibility index (Phi) is 4.47. The summed E-state index contributed by atoms with van der Waals surface area (Å²) in [5.41, 5.74) is 0.873. The molecule has 1 heterocycles. The van der Waals surface area contributed by atoms with Gasteiger partial charge in [0, 0.05) is 18.9 Å². The molecular formula is C10H10N4O2. The van der Waals surface area contributed by atoms with Gasteiger partial charge in [0.05, 0.1) is 6.07 Å². The van der Waals surface area contributed by atoms with Crippen molar-refractivity contribution in [2.75, 3.05) is 0 Å². The van der Waals surface area contributed by atoms with E-state index in [1.165, 1.54) is 0 Å². The second-order valence-electron chi connectivity index (χ2n) is 2.92. The maximum Gasteiger partial charge on any atom is 0.321 e. The summed E-state index contributed by atoms with van der Waals surface area (Å²) in [4.78, 5) is 25.8. The fraction of sp³-hybridized carbons (Fsp3) is 0.200. The molecule has 0 atom stereocenters. The van der Waals surface area contributed by atoms with Crippen LogP contribution in [0.25, 0.3) is 0 Å². The molecule has 0 bridgehead atoms. The van der Waals surface area contributed by atoms with E-state index in [9.17, 15) is 9.59 Å². The van der Waals surface area contributed by atoms with Crippen molar-refractivity contribution < 1.29 is 9.59 Å². The number of nitrogens with zero attached hydrogens (tertiary/aromatic N) is 2. The standard InChI is InChI=1S/C10H10N4O2/c11-4-1-9(15)14-10(16)13-7-8-2-5-12-6-3-8/h2-3,5-6H,1,7H2,(H2,13,14,15,16). The third-order valence-corrected chi connectivity index (χ3v) is 1.69. The topological polar surface area (TPSA) is 94.9 Å². The molecule has 0 aromatic carbocycles. The second-order valence-corrected chi connectivity index (χ2v) is 2.92. The molecule has 0 radical (unpaired) electrons. The van der Waals surface area contributed by atoms with Gasteiger partial charge in [-0.05, 0) is 17.7 Å². The quantitative estimate of drug-likeness (QED) is 0.763. The smallest absolute Gasteiger partial charge is 0.321 e. The Hall–Kier alpha value is -2.42. The summed E-state index contributed by atoms with van der Waals surface area (Å²) in [6.45, 7) is 0.300. The number of imide groups is 1. The van der Waals surface area contributed by atoms with Gasteiger partial charge in [0.25, 0.3) is 0 Å². The zero-order valence-electron chi connectivity index (χ0n) is 8.43. The fourth-order valence-electron chi connectivity index (χ4n) is 0.970. The minimum Gasteiger partial charge on any atom is -0.334 e. The van der Waals surface area contributed by atoms with Crippen LogP contribution in [-0.2, 0) is 11.3 Å². The van der Waals surface area contributed by atoms with Crippen molar-refractivity contribution in [3.63, 3.8) is 0 Å². The van der Waals surface area contributed by atoms with Gasteiger partial charge in [-0.15, -0.1) is 0 Å². The minimum atomic E-state index is -0.616. The largest absolute Gasteiger partial charge is 0.334 e. The van der Waals surface area contributed by atoms with E-state index >= 15 is 0 Å². The van der Waals surface area contributed by atoms with E-state index in [1.807, 2.05) is 5.32 Å². The number of amides is 3. The highest BCUT2D eigenvalue weighted by molar-refractivity contribution is 5.95. The Morgan fingerprint density at radius 3 is 2.69 bits per heavy atom. The number of carbonyl (C=O) groups is 2. The molecule has 0 saturated carbocycles. The molecule has 0 unspecified atom stereocenters. The van der Waals surface area contributed by atoms with E-state index < -0.39 is 11.9 Å². The number of hydrogen-bond acceptors (Lipinski definition) is 4. The van der Waals surface area contributed by atoms with Crippen molar-refractivity contribution in [3.05, 3.63) is 30.1 Å². The van der Waals surface area contributed by atoms with Crippen molar-refractivity contribution in [2.45, 2.75) is 13.0 Å². The number of nitrogens with one attached hydrogen (secondary N) is 2. The fourth-order valence-corrected chi connectivity index (χ4v) is 0.970. The summed E-state index contributed by atoms with van der Waals surface area (Å²) < 4.78 is 0. The van der Waals surface area contributed by atoms with Crippen LogP contribution in [0.3, 0.4) is 0 Å². The van der Waals surface area contributed by atoms with Crippen molar-refractivity contribution in [2.24, 2.45) is 0 Å². The van der Waals surface area contributed by atoms with E-state index in [-0.39, 0.29) is 6.42 Å². The third-order valence-electron chi connectivity index (χ3n) is 1.69. The highest BCUT2D eigenvalue weighted by atomic mass is 16.2. The summed E-state index contributed by atoms with van der Waals surface area (Å²) in [6.07, 6.45) is 2.88. The first-order valence-corrected chi connectivity index (χ1v) is 4.56. The zero-order valence-corrected chi connectivity index (χ0v) is 8.43. The van der Waals surface area contributed by atoms with E-state index in [0.717, 1.165) is 5.56 Å². The lowest BCUT2D eigenvalue weighted by Crippen LogP contribution is -2.38. The van der Waals surface area contributed by atoms with Crippen molar-refractivity contribution >= 4 is 11.9 Å². The number of aromatic nitrogens is 1. The van der Waals surface area contributed by atoms with Gasteiger partial charge in [-0.2, -0.15) is 5.26 Å². The zero-order chi connectivity index (χ0) is 11.8. The van der Waals surface area contributed by atoms with Crippen LogP contribution in [0.2, 0.25) is 0 Å². The monoisotopic (exact) mass is 218 g/mol. The molecule has 1 aromatic rings. The molecule has 82 valence electrons. The molecule has 0 aliphatic rings. The van der Waals surface area contributed by atoms with Crippen LogP contribution < -0.4 is 10.6 Å². The van der Waals surface area contributed by atoms with Gasteiger partial charge in [0.1, 0.15) is 6.42 Å². The first-order valence-electron chi connectivity index (χ1n) is 4.56. The molecule has 0 fully saturated rings. The average Bonchev–Trinajstić information content (AvgIpc) is 2.28. The molecule has 0 saturated heterocycles. The van der Waals surface area contributed by atoms with E-state index in [2.05, 4.69) is 10.3 Å². The Morgan fingerprint density at radius 2 is 2.06 bits per heavy atom. The van der Waals surface area contributed by atoms with Crippen LogP contribution in [0.15, 0.2) is 24.5 Å². The Labute approximate surface area is 92.3 Å². The highest BCUT2D eigenvalue weighted by Gasteiger charge is 2.05. The maximum absolute atomic E-state index is 11.1. The minimum absolute atomic E-state index is 0.300. The van der Waals surface area contributed by atoms with Crippen LogP contribution >= 0.6 is 0 Å². The van der Waals surface area contributed by atoms with Gasteiger partial charge >= 0.3 is 6.03 Å². The highest BCUT2D eigenvalue weighted by Crippen LogP contribution is 1.94. The molecular weight excluding hydrogens is 208 g/mol. The van der Waals surface area contributed by atoms with Crippen LogP contribution in [0, 0.1) is 11.3 Å². The summed E-state index contributed by atoms with van der Waals surface area (Å²) in [7, 11) is 0. The van der Waals surface area contributed by atoms with E-state index in [4.69, 9.17) is 5.26 Å². The van der Waals surface area contributed by atoms with Crippen molar-refractivity contribution in [3.8, 4) is 6.07 Å². The first-order chi connectivity index (χ1) is 7.72. The number of rotatable bonds is 3. The van der Waals surface area contributed by atoms with Gasteiger partial charge in [0.2, 0.25) is 5.91 Å². The van der Waals surface area contributed by atoms with Gasteiger partial charge in [-0.3, -0.25) is 15.1 Å². The molecule has 2 N–H and O–H groups in total. The lowest BCUT2D eigenvalue weighted by molar-refractivity contribution is -0.119. The molecule has 0 aliphatic heterocycles. The average molecular weight is 218 g/mol. The molecule has 6 nitrogen and oxygen atoms in total. The Morgan fingerprint density at radius 1 is 1.38 bits per heavy atom. The van der Waals surface area contributed by atoms with Gasteiger partial charge in [-0.1, -0.05) is 0 Å². The SMILES string of the molecule is N#CCC(=O)NC(=O)NCc1ccncc1. The number of nitriles is 1. The Balaban J connectivity index is 2.31. The molecule has 6 heteroatoms. The number of hydrogen-bond donors (Lipinski definition) is 2. The third kappa shape index (κ3) is 4.19. The summed E-state index contributed by atoms with van der Waals surface area (Å²) in [5.74, 6) is -0.616. The molecule has 1 rings (SSSR count). The van der Waals surface area contributed by atoms with Gasteiger partial charge in [-0.25, -0.2) is 4.79 Å². The molecule has 0 spiro atoms. The predicted octanol–water partition coefficient (Wildman–Crippen LogP) is 0.321. The molecule has 3 amide bonds. The van der Waals surface area contributed by atoms with Crippen LogP contribution in [-0.4, -0.2) is 16.9 Å². The maximum atomic E-state index is 11.1. The van der Waals surface area contributed by atoms with Crippen molar-refractivity contribution in [1.29, 1.82) is 5.26 Å². The number of pyridine rings is 1. The van der Waals surface area contributed by atoms with Crippen LogP contribution in [0.1, 0.15) is 12.0 Å². The van der Waals surface area contributed by atoms with Gasteiger partial charge in [0.15, 0.2) is 0 Å². The summed E-state index contributed by atoms with van der Waals surface area (Å²) in [5, 5.41) is 12.7. The second kappa shape index (κ2) is 6.14. The first kappa shape index (κ1) is 11.7. The van der Waals surface area contributed by atoms with E-state index in [1.54, 1.807) is 30.6 Å². The molecule has 0 aliphatic carbocycles. The van der Waals surface area contributed by atoms with Crippen LogP contribution in [0.5, 0.6) is 0 Å². The van der Waals surface area contributed by atoms with Crippen molar-refractivity contribution in [1.82, 2.24) is 15.6 Å². The molecule has 16 heavy (non-hydrogen) atoms. The Bertz CT molecular complexity index is 411.